The minimum Gasteiger partial charge on any atom is -0.308 e. The Hall–Kier alpha value is -1.88. The van der Waals surface area contributed by atoms with Crippen molar-refractivity contribution < 1.29 is 4.79 Å². The minimum absolute atomic E-state index is 0.0558. The highest BCUT2D eigenvalue weighted by molar-refractivity contribution is 8.03. The first kappa shape index (κ1) is 14.5. The maximum absolute atomic E-state index is 12.5. The Bertz CT molecular complexity index is 620. The molecular weight excluding hydrogens is 270 g/mol. The van der Waals surface area contributed by atoms with E-state index in [1.807, 2.05) is 13.8 Å². The zero-order chi connectivity index (χ0) is 14.7. The monoisotopic (exact) mass is 287 g/mol. The molecule has 0 aliphatic carbocycles. The van der Waals surface area contributed by atoms with Gasteiger partial charge in [0.05, 0.1) is 11.9 Å². The lowest BCUT2D eigenvalue weighted by atomic mass is 10.2. The highest BCUT2D eigenvalue weighted by Gasteiger charge is 2.25. The molecule has 104 valence electrons. The van der Waals surface area contributed by atoms with E-state index in [0.29, 0.717) is 5.57 Å². The number of amides is 1. The third kappa shape index (κ3) is 2.67. The van der Waals surface area contributed by atoms with Crippen molar-refractivity contribution in [2.24, 2.45) is 0 Å². The normalized spacial score (nSPS) is 15.6. The van der Waals surface area contributed by atoms with Gasteiger partial charge in [0.15, 0.2) is 0 Å². The molecule has 0 spiro atoms. The average Bonchev–Trinajstić information content (AvgIpc) is 2.53. The molecule has 0 saturated heterocycles. The zero-order valence-electron chi connectivity index (χ0n) is 11.9. The number of allylic oxidation sites excluding steroid dienone is 3. The fraction of sp³-hybridized carbons (Fsp3) is 0.267. The Morgan fingerprint density at radius 2 is 2.25 bits per heavy atom. The molecule has 2 rings (SSSR count). The lowest BCUT2D eigenvalue weighted by Gasteiger charge is -2.17. The van der Waals surface area contributed by atoms with E-state index in [1.54, 1.807) is 36.4 Å². The average molecular weight is 287 g/mol. The predicted octanol–water partition coefficient (Wildman–Crippen LogP) is 3.12. The number of carbonyl (C=O) groups excluding carboxylic acids is 1. The predicted molar refractivity (Wildman–Crippen MR) is 82.7 cm³/mol. The second-order valence-electron chi connectivity index (χ2n) is 4.36. The summed E-state index contributed by atoms with van der Waals surface area (Å²) >= 11 is 1.51. The Labute approximate surface area is 123 Å². The van der Waals surface area contributed by atoms with Crippen LogP contribution in [0.5, 0.6) is 0 Å². The number of carbonyl (C=O) groups is 1. The summed E-state index contributed by atoms with van der Waals surface area (Å²) in [7, 11) is 1.75. The van der Waals surface area contributed by atoms with Crippen molar-refractivity contribution in [1.82, 2.24) is 9.97 Å². The lowest BCUT2D eigenvalue weighted by Crippen LogP contribution is -2.27. The topological polar surface area (TPSA) is 46.1 Å². The first-order valence-corrected chi connectivity index (χ1v) is 7.22. The molecule has 0 N–H and O–H groups in total. The Kier molecular flexibility index (Phi) is 4.39. The summed E-state index contributed by atoms with van der Waals surface area (Å²) in [5, 5.41) is 0.826. The van der Waals surface area contributed by atoms with Gasteiger partial charge < -0.3 is 4.90 Å². The third-order valence-electron chi connectivity index (χ3n) is 3.03. The summed E-state index contributed by atoms with van der Waals surface area (Å²) < 4.78 is 0. The number of likely N-dealkylation sites (N-methyl/N-ethyl adjacent to an activating group) is 1. The van der Waals surface area contributed by atoms with Crippen LogP contribution in [-0.4, -0.2) is 22.9 Å². The maximum atomic E-state index is 12.5. The van der Waals surface area contributed by atoms with Crippen LogP contribution in [0.4, 0.5) is 5.69 Å². The summed E-state index contributed by atoms with van der Waals surface area (Å²) in [5.74, 6) is 0.731. The molecule has 1 aromatic rings. The molecule has 0 atom stereocenters. The fourth-order valence-corrected chi connectivity index (χ4v) is 2.86. The van der Waals surface area contributed by atoms with Crippen molar-refractivity contribution >= 4 is 23.4 Å². The van der Waals surface area contributed by atoms with E-state index < -0.39 is 0 Å². The van der Waals surface area contributed by atoms with E-state index in [0.717, 1.165) is 27.9 Å². The Morgan fingerprint density at radius 3 is 2.90 bits per heavy atom. The number of anilines is 1. The number of thioether (sulfide) groups is 1. The second-order valence-corrected chi connectivity index (χ2v) is 5.56. The first-order valence-electron chi connectivity index (χ1n) is 6.40. The van der Waals surface area contributed by atoms with E-state index in [4.69, 9.17) is 0 Å². The Balaban J connectivity index is 2.53. The smallest absolute Gasteiger partial charge is 0.258 e. The van der Waals surface area contributed by atoms with Crippen LogP contribution in [0.15, 0.2) is 46.5 Å². The van der Waals surface area contributed by atoms with Gasteiger partial charge >= 0.3 is 0 Å². The van der Waals surface area contributed by atoms with Gasteiger partial charge in [-0.1, -0.05) is 37.4 Å². The zero-order valence-corrected chi connectivity index (χ0v) is 12.7. The van der Waals surface area contributed by atoms with Gasteiger partial charge in [0.2, 0.25) is 0 Å². The van der Waals surface area contributed by atoms with Gasteiger partial charge in [0.1, 0.15) is 10.9 Å². The molecule has 1 aliphatic rings. The summed E-state index contributed by atoms with van der Waals surface area (Å²) in [5.41, 5.74) is 1.41. The molecular formula is C15H17N3OS. The number of fused-ring (bicyclic) bond motifs is 1. The van der Waals surface area contributed by atoms with Crippen LogP contribution < -0.4 is 4.90 Å². The van der Waals surface area contributed by atoms with Crippen LogP contribution in [0, 0.1) is 0 Å². The maximum Gasteiger partial charge on any atom is 0.258 e. The second kappa shape index (κ2) is 6.05. The third-order valence-corrected chi connectivity index (χ3v) is 4.05. The van der Waals surface area contributed by atoms with Crippen LogP contribution in [-0.2, 0) is 11.2 Å². The van der Waals surface area contributed by atoms with Crippen molar-refractivity contribution in [3.8, 4) is 0 Å². The highest BCUT2D eigenvalue weighted by atomic mass is 32.2. The summed E-state index contributed by atoms with van der Waals surface area (Å²) in [6.07, 6.45) is 7.71. The van der Waals surface area contributed by atoms with E-state index >= 15 is 0 Å². The van der Waals surface area contributed by atoms with E-state index in [9.17, 15) is 4.79 Å². The van der Waals surface area contributed by atoms with Gasteiger partial charge in [-0.15, -0.1) is 0 Å². The van der Waals surface area contributed by atoms with E-state index in [-0.39, 0.29) is 5.91 Å². The van der Waals surface area contributed by atoms with Gasteiger partial charge in [0.25, 0.3) is 5.91 Å². The van der Waals surface area contributed by atoms with Crippen LogP contribution in [0.1, 0.15) is 19.7 Å². The molecule has 5 heteroatoms. The van der Waals surface area contributed by atoms with E-state index in [1.165, 1.54) is 11.8 Å². The van der Waals surface area contributed by atoms with Gasteiger partial charge in [-0.2, -0.15) is 0 Å². The van der Waals surface area contributed by atoms with Gasteiger partial charge in [-0.25, -0.2) is 9.97 Å². The molecule has 0 aromatic carbocycles. The Morgan fingerprint density at radius 1 is 1.50 bits per heavy atom. The number of nitrogens with zero attached hydrogens (tertiary/aromatic N) is 3. The molecule has 1 amide bonds. The lowest BCUT2D eigenvalue weighted by molar-refractivity contribution is -0.114. The molecule has 2 heterocycles. The van der Waals surface area contributed by atoms with Crippen molar-refractivity contribution in [1.29, 1.82) is 0 Å². The minimum atomic E-state index is -0.0558. The quantitative estimate of drug-likeness (QED) is 0.633. The molecule has 0 unspecified atom stereocenters. The van der Waals surface area contributed by atoms with Crippen molar-refractivity contribution in [2.45, 2.75) is 25.3 Å². The molecule has 0 fully saturated rings. The fourth-order valence-electron chi connectivity index (χ4n) is 1.86. The molecule has 20 heavy (non-hydrogen) atoms. The van der Waals surface area contributed by atoms with Gasteiger partial charge in [-0.3, -0.25) is 4.79 Å². The van der Waals surface area contributed by atoms with Crippen LogP contribution in [0.3, 0.4) is 0 Å². The largest absolute Gasteiger partial charge is 0.308 e. The summed E-state index contributed by atoms with van der Waals surface area (Å²) in [6, 6.07) is 0. The molecule has 4 nitrogen and oxygen atoms in total. The van der Waals surface area contributed by atoms with Gasteiger partial charge in [0, 0.05) is 23.9 Å². The van der Waals surface area contributed by atoms with Crippen LogP contribution in [0.25, 0.3) is 0 Å². The van der Waals surface area contributed by atoms with Crippen molar-refractivity contribution in [2.75, 3.05) is 11.9 Å². The van der Waals surface area contributed by atoms with Crippen LogP contribution >= 0.6 is 11.8 Å². The molecule has 0 bridgehead atoms. The number of rotatable bonds is 3. The van der Waals surface area contributed by atoms with Crippen molar-refractivity contribution in [3.05, 3.63) is 47.3 Å². The molecule has 1 aromatic heterocycles. The number of aromatic nitrogens is 2. The van der Waals surface area contributed by atoms with Gasteiger partial charge in [-0.05, 0) is 13.0 Å². The SMILES string of the molecule is C=C/C=C\C1=C(C)Sc2nc(CC)ncc2N(C)C1=O. The number of hydrogen-bond donors (Lipinski definition) is 0. The summed E-state index contributed by atoms with van der Waals surface area (Å²) in [4.78, 5) is 23.8. The summed E-state index contributed by atoms with van der Waals surface area (Å²) in [6.45, 7) is 7.58. The number of hydrogen-bond acceptors (Lipinski definition) is 4. The first-order chi connectivity index (χ1) is 9.58. The molecule has 0 saturated carbocycles. The molecule has 1 aliphatic heterocycles. The number of aryl methyl sites for hydroxylation is 1. The standard InChI is InChI=1S/C15H17N3OS/c1-5-7-8-11-10(3)20-14-12(18(4)15(11)19)9-16-13(6-2)17-14/h5,7-9H,1,6H2,2-4H3/b8-7-. The van der Waals surface area contributed by atoms with E-state index in [2.05, 4.69) is 16.5 Å². The van der Waals surface area contributed by atoms with Crippen LogP contribution in [0.2, 0.25) is 0 Å². The highest BCUT2D eigenvalue weighted by Crippen LogP contribution is 2.38. The van der Waals surface area contributed by atoms with Crippen molar-refractivity contribution in [3.63, 3.8) is 0 Å². The molecule has 0 radical (unpaired) electrons.